The minimum atomic E-state index is -0.451. The van der Waals surface area contributed by atoms with E-state index in [9.17, 15) is 9.59 Å². The van der Waals surface area contributed by atoms with Crippen molar-refractivity contribution in [1.29, 1.82) is 0 Å². The van der Waals surface area contributed by atoms with Crippen molar-refractivity contribution in [3.05, 3.63) is 74.9 Å². The lowest BCUT2D eigenvalue weighted by molar-refractivity contribution is 0.829. The fourth-order valence-corrected chi connectivity index (χ4v) is 2.86. The van der Waals surface area contributed by atoms with Crippen molar-refractivity contribution in [2.75, 3.05) is 0 Å². The Morgan fingerprint density at radius 1 is 1.00 bits per heavy atom. The van der Waals surface area contributed by atoms with Crippen LogP contribution < -0.4 is 11.2 Å². The third-order valence-corrected chi connectivity index (χ3v) is 4.26. The molecule has 4 aromatic rings. The number of hydrogen-bond donors (Lipinski definition) is 1. The smallest absolute Gasteiger partial charge is 0.305 e. The topological polar surface area (TPSA) is 80.1 Å². The average molecular weight is 332 g/mol. The van der Waals surface area contributed by atoms with E-state index in [1.807, 2.05) is 36.4 Å². The molecule has 0 radical (unpaired) electrons. The van der Waals surface area contributed by atoms with E-state index in [1.54, 1.807) is 12.1 Å². The van der Waals surface area contributed by atoms with Crippen LogP contribution >= 0.6 is 0 Å². The summed E-state index contributed by atoms with van der Waals surface area (Å²) in [6.45, 7) is 4.20. The average Bonchev–Trinajstić information content (AvgIpc) is 2.61. The summed E-state index contributed by atoms with van der Waals surface area (Å²) in [7, 11) is 0. The highest BCUT2D eigenvalue weighted by atomic mass is 16.1. The van der Waals surface area contributed by atoms with E-state index < -0.39 is 11.2 Å². The summed E-state index contributed by atoms with van der Waals surface area (Å²) in [6.07, 6.45) is 0. The number of aromatic nitrogens is 4. The molecule has 124 valence electrons. The van der Waals surface area contributed by atoms with Gasteiger partial charge in [-0.15, -0.1) is 0 Å². The van der Waals surface area contributed by atoms with Crippen LogP contribution in [0.25, 0.3) is 27.8 Å². The number of para-hydroxylation sites is 1. The number of rotatable bonds is 2. The Bertz CT molecular complexity index is 1200. The lowest BCUT2D eigenvalue weighted by Crippen LogP contribution is -2.25. The van der Waals surface area contributed by atoms with Crippen molar-refractivity contribution in [2.45, 2.75) is 19.8 Å². The van der Waals surface area contributed by atoms with Gasteiger partial charge in [-0.1, -0.05) is 50.2 Å². The number of benzene rings is 2. The van der Waals surface area contributed by atoms with Crippen LogP contribution in [0, 0.1) is 0 Å². The van der Waals surface area contributed by atoms with Gasteiger partial charge >= 0.3 is 5.69 Å². The summed E-state index contributed by atoms with van der Waals surface area (Å²) in [4.78, 5) is 31.7. The summed E-state index contributed by atoms with van der Waals surface area (Å²) >= 11 is 0. The largest absolute Gasteiger partial charge is 0.348 e. The van der Waals surface area contributed by atoms with Gasteiger partial charge in [-0.2, -0.15) is 14.6 Å². The second-order valence-electron chi connectivity index (χ2n) is 6.25. The summed E-state index contributed by atoms with van der Waals surface area (Å²) in [5.74, 6) is 0.395. The molecule has 0 saturated heterocycles. The maximum atomic E-state index is 12.5. The first-order chi connectivity index (χ1) is 12.0. The SMILES string of the molecule is CC(C)c1ccc(-c2nn3c(=O)[nH]c4ccccc4c3nc2=O)cc1. The molecule has 0 atom stereocenters. The molecular formula is C19H16N4O2. The van der Waals surface area contributed by atoms with E-state index in [0.717, 1.165) is 4.52 Å². The van der Waals surface area contributed by atoms with Crippen LogP contribution in [-0.4, -0.2) is 19.6 Å². The first-order valence-electron chi connectivity index (χ1n) is 8.07. The molecule has 0 amide bonds. The van der Waals surface area contributed by atoms with E-state index >= 15 is 0 Å². The molecule has 0 aliphatic rings. The molecule has 4 rings (SSSR count). The molecule has 2 aromatic carbocycles. The molecule has 0 fully saturated rings. The summed E-state index contributed by atoms with van der Waals surface area (Å²) in [6, 6.07) is 14.8. The fraction of sp³-hybridized carbons (Fsp3) is 0.158. The second-order valence-corrected chi connectivity index (χ2v) is 6.25. The minimum Gasteiger partial charge on any atom is -0.305 e. The zero-order chi connectivity index (χ0) is 17.6. The van der Waals surface area contributed by atoms with E-state index in [1.165, 1.54) is 5.56 Å². The lowest BCUT2D eigenvalue weighted by Gasteiger charge is -2.07. The lowest BCUT2D eigenvalue weighted by atomic mass is 10.0. The van der Waals surface area contributed by atoms with Gasteiger partial charge in [0.25, 0.3) is 5.56 Å². The van der Waals surface area contributed by atoms with Crippen molar-refractivity contribution in [3.8, 4) is 11.3 Å². The van der Waals surface area contributed by atoms with E-state index in [4.69, 9.17) is 0 Å². The third kappa shape index (κ3) is 2.52. The van der Waals surface area contributed by atoms with Crippen molar-refractivity contribution >= 4 is 16.6 Å². The van der Waals surface area contributed by atoms with Crippen LogP contribution in [0.15, 0.2) is 58.1 Å². The maximum absolute atomic E-state index is 12.5. The van der Waals surface area contributed by atoms with Gasteiger partial charge in [-0.25, -0.2) is 4.79 Å². The zero-order valence-corrected chi connectivity index (χ0v) is 13.9. The molecular weight excluding hydrogens is 316 g/mol. The van der Waals surface area contributed by atoms with Gasteiger partial charge in [0.2, 0.25) is 0 Å². The Labute approximate surface area is 142 Å². The molecule has 6 heteroatoms. The van der Waals surface area contributed by atoms with Gasteiger partial charge in [-0.3, -0.25) is 4.79 Å². The Kier molecular flexibility index (Phi) is 3.46. The van der Waals surface area contributed by atoms with Gasteiger partial charge in [-0.05, 0) is 23.6 Å². The van der Waals surface area contributed by atoms with Crippen molar-refractivity contribution in [3.63, 3.8) is 0 Å². The van der Waals surface area contributed by atoms with Crippen LogP contribution in [0.2, 0.25) is 0 Å². The van der Waals surface area contributed by atoms with Crippen molar-refractivity contribution < 1.29 is 0 Å². The second kappa shape index (κ2) is 5.66. The predicted octanol–water partition coefficient (Wildman–Crippen LogP) is 2.72. The molecule has 1 N–H and O–H groups in total. The highest BCUT2D eigenvalue weighted by molar-refractivity contribution is 5.90. The standard InChI is InChI=1S/C19H16N4O2/c1-11(2)12-7-9-13(10-8-12)16-18(24)21-17-14-5-3-4-6-15(14)20-19(25)23(17)22-16/h3-11H,1-2H3,(H,20,25). The zero-order valence-electron chi connectivity index (χ0n) is 13.9. The number of H-pyrrole nitrogens is 1. The summed E-state index contributed by atoms with van der Waals surface area (Å²) < 4.78 is 1.15. The molecule has 25 heavy (non-hydrogen) atoms. The van der Waals surface area contributed by atoms with Gasteiger partial charge in [0.1, 0.15) is 0 Å². The van der Waals surface area contributed by atoms with E-state index in [0.29, 0.717) is 22.4 Å². The van der Waals surface area contributed by atoms with Crippen molar-refractivity contribution in [2.24, 2.45) is 0 Å². The van der Waals surface area contributed by atoms with Crippen molar-refractivity contribution in [1.82, 2.24) is 19.6 Å². The van der Waals surface area contributed by atoms with Crippen LogP contribution in [-0.2, 0) is 0 Å². The number of hydrogen-bond acceptors (Lipinski definition) is 4. The molecule has 0 bridgehead atoms. The molecule has 2 aromatic heterocycles. The highest BCUT2D eigenvalue weighted by Crippen LogP contribution is 2.19. The maximum Gasteiger partial charge on any atom is 0.348 e. The number of nitrogens with zero attached hydrogens (tertiary/aromatic N) is 3. The first-order valence-corrected chi connectivity index (χ1v) is 8.07. The molecule has 0 aliphatic carbocycles. The highest BCUT2D eigenvalue weighted by Gasteiger charge is 2.13. The molecule has 6 nitrogen and oxygen atoms in total. The third-order valence-electron chi connectivity index (χ3n) is 4.26. The fourth-order valence-electron chi connectivity index (χ4n) is 2.86. The molecule has 0 saturated carbocycles. The normalized spacial score (nSPS) is 11.5. The molecule has 0 aliphatic heterocycles. The van der Waals surface area contributed by atoms with Gasteiger partial charge < -0.3 is 4.98 Å². The van der Waals surface area contributed by atoms with Gasteiger partial charge in [0.05, 0.1) is 5.52 Å². The van der Waals surface area contributed by atoms with E-state index in [-0.39, 0.29) is 11.3 Å². The Hall–Kier alpha value is -3.28. The Morgan fingerprint density at radius 2 is 1.72 bits per heavy atom. The Balaban J connectivity index is 1.99. The van der Waals surface area contributed by atoms with E-state index in [2.05, 4.69) is 28.9 Å². The Morgan fingerprint density at radius 3 is 2.44 bits per heavy atom. The van der Waals surface area contributed by atoms with Crippen LogP contribution in [0.3, 0.4) is 0 Å². The minimum absolute atomic E-state index is 0.161. The first kappa shape index (κ1) is 15.3. The number of aromatic amines is 1. The monoisotopic (exact) mass is 332 g/mol. The molecule has 0 unspecified atom stereocenters. The molecule has 2 heterocycles. The van der Waals surface area contributed by atoms with Crippen LogP contribution in [0.5, 0.6) is 0 Å². The predicted molar refractivity (Wildman–Crippen MR) is 96.9 cm³/mol. The van der Waals surface area contributed by atoms with Crippen LogP contribution in [0.1, 0.15) is 25.3 Å². The summed E-state index contributed by atoms with van der Waals surface area (Å²) in [5.41, 5.74) is 1.97. The number of nitrogens with one attached hydrogen (secondary N) is 1. The van der Waals surface area contributed by atoms with Gasteiger partial charge in [0.15, 0.2) is 11.3 Å². The summed E-state index contributed by atoms with van der Waals surface area (Å²) in [5, 5.41) is 4.94. The van der Waals surface area contributed by atoms with Gasteiger partial charge in [0, 0.05) is 10.9 Å². The number of fused-ring (bicyclic) bond motifs is 3. The van der Waals surface area contributed by atoms with Crippen LogP contribution in [0.4, 0.5) is 0 Å². The molecule has 0 spiro atoms. The quantitative estimate of drug-likeness (QED) is 0.572.